The van der Waals surface area contributed by atoms with Gasteiger partial charge in [0.2, 0.25) is 0 Å². The molecule has 0 radical (unpaired) electrons. The Kier molecular flexibility index (Phi) is 3.71. The first-order chi connectivity index (χ1) is 8.16. The summed E-state index contributed by atoms with van der Waals surface area (Å²) in [6.45, 7) is 4.32. The van der Waals surface area contributed by atoms with Crippen molar-refractivity contribution in [1.82, 2.24) is 9.88 Å². The number of aromatic nitrogens is 1. The number of hydrogen-bond donors (Lipinski definition) is 1. The molecular weight excluding hydrogens is 220 g/mol. The lowest BCUT2D eigenvalue weighted by Crippen LogP contribution is -2.45. The van der Waals surface area contributed by atoms with E-state index in [0.717, 1.165) is 17.8 Å². The first-order valence-electron chi connectivity index (χ1n) is 5.64. The molecule has 0 amide bonds. The van der Waals surface area contributed by atoms with Crippen molar-refractivity contribution < 1.29 is 14.6 Å². The summed E-state index contributed by atoms with van der Waals surface area (Å²) < 4.78 is 5.18. The maximum atomic E-state index is 10.9. The predicted octanol–water partition coefficient (Wildman–Crippen LogP) is 0.675. The number of carboxylic acids is 1. The molecule has 92 valence electrons. The van der Waals surface area contributed by atoms with Crippen molar-refractivity contribution in [3.63, 3.8) is 0 Å². The highest BCUT2D eigenvalue weighted by atomic mass is 16.5. The van der Waals surface area contributed by atoms with Crippen LogP contribution in [0.3, 0.4) is 0 Å². The van der Waals surface area contributed by atoms with Gasteiger partial charge in [0.15, 0.2) is 6.10 Å². The standard InChI is InChI=1S/C12H16N2O3/c1-9-3-2-4-13-10(9)7-14-5-6-17-11(8-14)12(15)16/h2-4,11H,5-8H2,1H3,(H,15,16). The maximum absolute atomic E-state index is 10.9. The summed E-state index contributed by atoms with van der Waals surface area (Å²) in [7, 11) is 0. The molecule has 1 unspecified atom stereocenters. The van der Waals surface area contributed by atoms with Gasteiger partial charge in [0.1, 0.15) is 0 Å². The van der Waals surface area contributed by atoms with Crippen molar-refractivity contribution in [3.8, 4) is 0 Å². The average Bonchev–Trinajstić information content (AvgIpc) is 2.32. The molecule has 0 aromatic carbocycles. The highest BCUT2D eigenvalue weighted by Gasteiger charge is 2.26. The van der Waals surface area contributed by atoms with Gasteiger partial charge in [-0.25, -0.2) is 4.79 Å². The number of carboxylic acid groups (broad SMARTS) is 1. The molecule has 0 aliphatic carbocycles. The number of carbonyl (C=O) groups is 1. The fraction of sp³-hybridized carbons (Fsp3) is 0.500. The van der Waals surface area contributed by atoms with Crippen LogP contribution in [0.5, 0.6) is 0 Å². The zero-order chi connectivity index (χ0) is 12.3. The van der Waals surface area contributed by atoms with E-state index >= 15 is 0 Å². The molecule has 1 fully saturated rings. The number of nitrogens with zero attached hydrogens (tertiary/aromatic N) is 2. The highest BCUT2D eigenvalue weighted by molar-refractivity contribution is 5.72. The molecule has 5 nitrogen and oxygen atoms in total. The summed E-state index contributed by atoms with van der Waals surface area (Å²) in [6, 6.07) is 3.91. The van der Waals surface area contributed by atoms with Crippen molar-refractivity contribution in [2.75, 3.05) is 19.7 Å². The third kappa shape index (κ3) is 3.01. The summed E-state index contributed by atoms with van der Waals surface area (Å²) in [5, 5.41) is 8.91. The molecule has 2 heterocycles. The number of rotatable bonds is 3. The molecule has 1 N–H and O–H groups in total. The van der Waals surface area contributed by atoms with Gasteiger partial charge in [0.25, 0.3) is 0 Å². The van der Waals surface area contributed by atoms with E-state index in [4.69, 9.17) is 9.84 Å². The topological polar surface area (TPSA) is 62.7 Å². The minimum Gasteiger partial charge on any atom is -0.479 e. The molecule has 0 saturated carbocycles. The van der Waals surface area contributed by atoms with Crippen LogP contribution in [0, 0.1) is 6.92 Å². The first kappa shape index (κ1) is 12.0. The van der Waals surface area contributed by atoms with E-state index < -0.39 is 12.1 Å². The van der Waals surface area contributed by atoms with Crippen LogP contribution in [-0.4, -0.2) is 46.8 Å². The van der Waals surface area contributed by atoms with Gasteiger partial charge in [-0.15, -0.1) is 0 Å². The number of aliphatic carboxylic acids is 1. The number of morpholine rings is 1. The normalized spacial score (nSPS) is 21.4. The van der Waals surface area contributed by atoms with Crippen LogP contribution in [0.4, 0.5) is 0 Å². The molecular formula is C12H16N2O3. The zero-order valence-corrected chi connectivity index (χ0v) is 9.80. The number of pyridine rings is 1. The Morgan fingerprint density at radius 2 is 2.53 bits per heavy atom. The van der Waals surface area contributed by atoms with E-state index in [9.17, 15) is 4.79 Å². The highest BCUT2D eigenvalue weighted by Crippen LogP contribution is 2.11. The Balaban J connectivity index is 1.99. The minimum absolute atomic E-state index is 0.422. The van der Waals surface area contributed by atoms with Crippen molar-refractivity contribution in [2.45, 2.75) is 19.6 Å². The van der Waals surface area contributed by atoms with Crippen LogP contribution in [0.1, 0.15) is 11.3 Å². The third-order valence-electron chi connectivity index (χ3n) is 2.92. The van der Waals surface area contributed by atoms with Crippen molar-refractivity contribution >= 4 is 5.97 Å². The van der Waals surface area contributed by atoms with Gasteiger partial charge < -0.3 is 9.84 Å². The fourth-order valence-electron chi connectivity index (χ4n) is 1.89. The molecule has 5 heteroatoms. The van der Waals surface area contributed by atoms with E-state index in [-0.39, 0.29) is 0 Å². The van der Waals surface area contributed by atoms with Crippen molar-refractivity contribution in [1.29, 1.82) is 0 Å². The lowest BCUT2D eigenvalue weighted by atomic mass is 10.2. The van der Waals surface area contributed by atoms with Crippen LogP contribution in [0.25, 0.3) is 0 Å². The Morgan fingerprint density at radius 3 is 3.24 bits per heavy atom. The zero-order valence-electron chi connectivity index (χ0n) is 9.80. The van der Waals surface area contributed by atoms with E-state index in [1.165, 1.54) is 0 Å². The Labute approximate surface area is 100 Å². The molecule has 0 bridgehead atoms. The molecule has 17 heavy (non-hydrogen) atoms. The average molecular weight is 236 g/mol. The van der Waals surface area contributed by atoms with Gasteiger partial charge >= 0.3 is 5.97 Å². The molecule has 2 rings (SSSR count). The SMILES string of the molecule is Cc1cccnc1CN1CCOC(C(=O)O)C1. The van der Waals surface area contributed by atoms with Gasteiger partial charge in [-0.2, -0.15) is 0 Å². The summed E-state index contributed by atoms with van der Waals surface area (Å²) >= 11 is 0. The molecule has 1 aliphatic heterocycles. The predicted molar refractivity (Wildman–Crippen MR) is 61.6 cm³/mol. The quantitative estimate of drug-likeness (QED) is 0.836. The molecule has 1 aromatic rings. The fourth-order valence-corrected chi connectivity index (χ4v) is 1.89. The second-order valence-corrected chi connectivity index (χ2v) is 4.20. The summed E-state index contributed by atoms with van der Waals surface area (Å²) in [6.07, 6.45) is 1.05. The lowest BCUT2D eigenvalue weighted by molar-refractivity contribution is -0.156. The van der Waals surface area contributed by atoms with Crippen molar-refractivity contribution in [2.24, 2.45) is 0 Å². The summed E-state index contributed by atoms with van der Waals surface area (Å²) in [5.74, 6) is -0.896. The molecule has 1 saturated heterocycles. The first-order valence-corrected chi connectivity index (χ1v) is 5.64. The third-order valence-corrected chi connectivity index (χ3v) is 2.92. The number of aryl methyl sites for hydroxylation is 1. The van der Waals surface area contributed by atoms with E-state index in [1.807, 2.05) is 19.1 Å². The molecule has 1 aliphatic rings. The lowest BCUT2D eigenvalue weighted by Gasteiger charge is -2.30. The Hall–Kier alpha value is -1.46. The van der Waals surface area contributed by atoms with E-state index in [0.29, 0.717) is 19.7 Å². The van der Waals surface area contributed by atoms with Gasteiger partial charge in [0, 0.05) is 25.8 Å². The van der Waals surface area contributed by atoms with Gasteiger partial charge in [-0.1, -0.05) is 6.07 Å². The minimum atomic E-state index is -0.896. The molecule has 1 aromatic heterocycles. The Morgan fingerprint density at radius 1 is 1.71 bits per heavy atom. The Bertz CT molecular complexity index is 408. The smallest absolute Gasteiger partial charge is 0.334 e. The van der Waals surface area contributed by atoms with Gasteiger partial charge in [-0.05, 0) is 18.6 Å². The van der Waals surface area contributed by atoms with Crippen LogP contribution in [-0.2, 0) is 16.1 Å². The van der Waals surface area contributed by atoms with Crippen LogP contribution < -0.4 is 0 Å². The second-order valence-electron chi connectivity index (χ2n) is 4.20. The maximum Gasteiger partial charge on any atom is 0.334 e. The molecule has 0 spiro atoms. The van der Waals surface area contributed by atoms with E-state index in [2.05, 4.69) is 9.88 Å². The van der Waals surface area contributed by atoms with Crippen LogP contribution in [0.15, 0.2) is 18.3 Å². The van der Waals surface area contributed by atoms with Gasteiger partial charge in [-0.3, -0.25) is 9.88 Å². The monoisotopic (exact) mass is 236 g/mol. The largest absolute Gasteiger partial charge is 0.479 e. The van der Waals surface area contributed by atoms with Crippen LogP contribution in [0.2, 0.25) is 0 Å². The number of hydrogen-bond acceptors (Lipinski definition) is 4. The van der Waals surface area contributed by atoms with Crippen molar-refractivity contribution in [3.05, 3.63) is 29.6 Å². The van der Waals surface area contributed by atoms with Crippen LogP contribution >= 0.6 is 0 Å². The molecule has 1 atom stereocenters. The van der Waals surface area contributed by atoms with Gasteiger partial charge in [0.05, 0.1) is 12.3 Å². The number of ether oxygens (including phenoxy) is 1. The van der Waals surface area contributed by atoms with E-state index in [1.54, 1.807) is 6.20 Å². The summed E-state index contributed by atoms with van der Waals surface area (Å²) in [5.41, 5.74) is 2.13. The summed E-state index contributed by atoms with van der Waals surface area (Å²) in [4.78, 5) is 17.2. The second kappa shape index (κ2) is 5.25.